The van der Waals surface area contributed by atoms with Crippen LogP contribution in [0.1, 0.15) is 23.8 Å². The zero-order valence-electron chi connectivity index (χ0n) is 14.4. The number of pyridine rings is 1. The summed E-state index contributed by atoms with van der Waals surface area (Å²) in [5.41, 5.74) is 2.14. The Morgan fingerprint density at radius 3 is 2.75 bits per heavy atom. The van der Waals surface area contributed by atoms with Gasteiger partial charge in [0.25, 0.3) is 0 Å². The van der Waals surface area contributed by atoms with Gasteiger partial charge in [-0.2, -0.15) is 0 Å². The van der Waals surface area contributed by atoms with Crippen LogP contribution < -0.4 is 4.90 Å². The van der Waals surface area contributed by atoms with E-state index in [4.69, 9.17) is 9.97 Å². The summed E-state index contributed by atoms with van der Waals surface area (Å²) in [6.45, 7) is 6.79. The minimum Gasteiger partial charge on any atom is -0.393 e. The fraction of sp³-hybridized carbons (Fsp3) is 0.389. The van der Waals surface area contributed by atoms with E-state index in [1.807, 2.05) is 26.1 Å². The molecule has 6 heteroatoms. The molecule has 1 atom stereocenters. The lowest BCUT2D eigenvalue weighted by Crippen LogP contribution is -2.23. The molecule has 0 fully saturated rings. The van der Waals surface area contributed by atoms with Crippen LogP contribution in [-0.2, 0) is 0 Å². The van der Waals surface area contributed by atoms with Gasteiger partial charge in [0, 0.05) is 36.4 Å². The van der Waals surface area contributed by atoms with Crippen molar-refractivity contribution in [3.8, 4) is 11.4 Å². The fourth-order valence-corrected chi connectivity index (χ4v) is 3.64. The molecule has 3 heterocycles. The van der Waals surface area contributed by atoms with E-state index in [1.165, 1.54) is 10.4 Å². The Morgan fingerprint density at radius 1 is 1.29 bits per heavy atom. The number of thiophene rings is 1. The van der Waals surface area contributed by atoms with Gasteiger partial charge in [0.05, 0.1) is 11.5 Å². The van der Waals surface area contributed by atoms with Crippen molar-refractivity contribution < 1.29 is 5.11 Å². The number of anilines is 1. The molecule has 0 aromatic carbocycles. The Hall–Kier alpha value is -2.05. The lowest BCUT2D eigenvalue weighted by molar-refractivity contribution is 0.187. The van der Waals surface area contributed by atoms with Crippen LogP contribution in [0.25, 0.3) is 21.6 Å². The van der Waals surface area contributed by atoms with Gasteiger partial charge in [-0.25, -0.2) is 9.97 Å². The van der Waals surface area contributed by atoms with Crippen molar-refractivity contribution in [1.29, 1.82) is 0 Å². The van der Waals surface area contributed by atoms with E-state index in [0.29, 0.717) is 12.2 Å². The van der Waals surface area contributed by atoms with Gasteiger partial charge in [0.2, 0.25) is 0 Å². The number of aryl methyl sites for hydroxylation is 2. The Labute approximate surface area is 146 Å². The third-order valence-electron chi connectivity index (χ3n) is 4.17. The molecule has 0 saturated carbocycles. The van der Waals surface area contributed by atoms with Crippen molar-refractivity contribution in [2.24, 2.45) is 0 Å². The number of hydrogen-bond acceptors (Lipinski definition) is 6. The maximum atomic E-state index is 9.59. The SMILES string of the molecule is Cc1sc2nc(-c3cccnc3)nc(N(C)CCC(C)O)c2c1C. The number of aliphatic hydroxyl groups is 1. The Kier molecular flexibility index (Phi) is 4.78. The molecular weight excluding hydrogens is 320 g/mol. The normalized spacial score (nSPS) is 12.5. The predicted molar refractivity (Wildman–Crippen MR) is 99.7 cm³/mol. The van der Waals surface area contributed by atoms with Crippen LogP contribution in [0.2, 0.25) is 0 Å². The molecule has 1 unspecified atom stereocenters. The van der Waals surface area contributed by atoms with Gasteiger partial charge in [-0.05, 0) is 44.9 Å². The molecular formula is C18H22N4OS. The van der Waals surface area contributed by atoms with E-state index in [0.717, 1.165) is 28.1 Å². The van der Waals surface area contributed by atoms with Gasteiger partial charge in [-0.1, -0.05) is 0 Å². The lowest BCUT2D eigenvalue weighted by atomic mass is 10.2. The number of hydrogen-bond donors (Lipinski definition) is 1. The van der Waals surface area contributed by atoms with Crippen LogP contribution in [0.3, 0.4) is 0 Å². The highest BCUT2D eigenvalue weighted by molar-refractivity contribution is 7.18. The molecule has 0 aliphatic carbocycles. The second-order valence-corrected chi connectivity index (χ2v) is 7.34. The van der Waals surface area contributed by atoms with Crippen molar-refractivity contribution in [1.82, 2.24) is 15.0 Å². The minimum atomic E-state index is -0.326. The third-order valence-corrected chi connectivity index (χ3v) is 5.27. The molecule has 3 aromatic rings. The summed E-state index contributed by atoms with van der Waals surface area (Å²) < 4.78 is 0. The zero-order chi connectivity index (χ0) is 17.3. The highest BCUT2D eigenvalue weighted by Gasteiger charge is 2.18. The number of aliphatic hydroxyl groups excluding tert-OH is 1. The molecule has 3 rings (SSSR count). The van der Waals surface area contributed by atoms with Gasteiger partial charge in [0.1, 0.15) is 10.6 Å². The van der Waals surface area contributed by atoms with Crippen molar-refractivity contribution in [2.45, 2.75) is 33.3 Å². The smallest absolute Gasteiger partial charge is 0.164 e. The average molecular weight is 342 g/mol. The number of nitrogens with zero attached hydrogens (tertiary/aromatic N) is 4. The first-order chi connectivity index (χ1) is 11.5. The van der Waals surface area contributed by atoms with Crippen LogP contribution in [-0.4, -0.2) is 39.8 Å². The molecule has 0 amide bonds. The average Bonchev–Trinajstić information content (AvgIpc) is 2.87. The molecule has 0 bridgehead atoms. The van der Waals surface area contributed by atoms with Gasteiger partial charge in [-0.3, -0.25) is 4.98 Å². The first-order valence-corrected chi connectivity index (χ1v) is 8.86. The quantitative estimate of drug-likeness (QED) is 0.768. The topological polar surface area (TPSA) is 62.1 Å². The summed E-state index contributed by atoms with van der Waals surface area (Å²) in [4.78, 5) is 18.1. The Morgan fingerprint density at radius 2 is 2.08 bits per heavy atom. The van der Waals surface area contributed by atoms with E-state index >= 15 is 0 Å². The second-order valence-electron chi connectivity index (χ2n) is 6.14. The molecule has 0 aliphatic rings. The van der Waals surface area contributed by atoms with Crippen molar-refractivity contribution in [3.63, 3.8) is 0 Å². The van der Waals surface area contributed by atoms with Crippen LogP contribution in [0.4, 0.5) is 5.82 Å². The predicted octanol–water partition coefficient (Wildman–Crippen LogP) is 3.58. The highest BCUT2D eigenvalue weighted by Crippen LogP contribution is 2.36. The largest absolute Gasteiger partial charge is 0.393 e. The molecule has 1 N–H and O–H groups in total. The maximum Gasteiger partial charge on any atom is 0.164 e. The molecule has 5 nitrogen and oxygen atoms in total. The molecule has 3 aromatic heterocycles. The Bertz CT molecular complexity index is 845. The molecule has 24 heavy (non-hydrogen) atoms. The summed E-state index contributed by atoms with van der Waals surface area (Å²) in [7, 11) is 2.02. The summed E-state index contributed by atoms with van der Waals surface area (Å²) >= 11 is 1.70. The van der Waals surface area contributed by atoms with E-state index < -0.39 is 0 Å². The van der Waals surface area contributed by atoms with Crippen molar-refractivity contribution >= 4 is 27.4 Å². The van der Waals surface area contributed by atoms with E-state index in [2.05, 4.69) is 23.7 Å². The Balaban J connectivity index is 2.13. The number of aromatic nitrogens is 3. The van der Waals surface area contributed by atoms with Crippen LogP contribution in [0.5, 0.6) is 0 Å². The van der Waals surface area contributed by atoms with Gasteiger partial charge in [0.15, 0.2) is 5.82 Å². The summed E-state index contributed by atoms with van der Waals surface area (Å²) in [5, 5.41) is 10.7. The third kappa shape index (κ3) is 3.25. The van der Waals surface area contributed by atoms with Crippen LogP contribution in [0.15, 0.2) is 24.5 Å². The van der Waals surface area contributed by atoms with Gasteiger partial charge >= 0.3 is 0 Å². The lowest BCUT2D eigenvalue weighted by Gasteiger charge is -2.21. The summed E-state index contributed by atoms with van der Waals surface area (Å²) in [6.07, 6.45) is 3.91. The standard InChI is InChI=1S/C18H22N4OS/c1-11(23)7-9-22(4)17-15-12(2)13(3)24-18(15)21-16(20-17)14-6-5-8-19-10-14/h5-6,8,10-11,23H,7,9H2,1-4H3. The molecule has 0 radical (unpaired) electrons. The van der Waals surface area contributed by atoms with Gasteiger partial charge < -0.3 is 10.0 Å². The first kappa shape index (κ1) is 16.8. The first-order valence-electron chi connectivity index (χ1n) is 8.04. The number of fused-ring (bicyclic) bond motifs is 1. The molecule has 126 valence electrons. The van der Waals surface area contributed by atoms with Crippen LogP contribution in [0, 0.1) is 13.8 Å². The summed E-state index contributed by atoms with van der Waals surface area (Å²) in [6, 6.07) is 3.87. The monoisotopic (exact) mass is 342 g/mol. The highest BCUT2D eigenvalue weighted by atomic mass is 32.1. The molecule has 0 saturated heterocycles. The maximum absolute atomic E-state index is 9.59. The van der Waals surface area contributed by atoms with Crippen LogP contribution >= 0.6 is 11.3 Å². The molecule has 0 spiro atoms. The van der Waals surface area contributed by atoms with E-state index in [1.54, 1.807) is 23.7 Å². The van der Waals surface area contributed by atoms with E-state index in [-0.39, 0.29) is 6.10 Å². The summed E-state index contributed by atoms with van der Waals surface area (Å²) in [5.74, 6) is 1.61. The fourth-order valence-electron chi connectivity index (χ4n) is 2.62. The van der Waals surface area contributed by atoms with E-state index in [9.17, 15) is 5.11 Å². The minimum absolute atomic E-state index is 0.326. The van der Waals surface area contributed by atoms with Crippen molar-refractivity contribution in [2.75, 3.05) is 18.5 Å². The number of rotatable bonds is 5. The zero-order valence-corrected chi connectivity index (χ0v) is 15.3. The second kappa shape index (κ2) is 6.83. The molecule has 0 aliphatic heterocycles. The van der Waals surface area contributed by atoms with Crippen molar-refractivity contribution in [3.05, 3.63) is 35.0 Å². The van der Waals surface area contributed by atoms with Gasteiger partial charge in [-0.15, -0.1) is 11.3 Å².